The molecule has 13 heavy (non-hydrogen) atoms. The van der Waals surface area contributed by atoms with E-state index in [4.69, 9.17) is 5.11 Å². The van der Waals surface area contributed by atoms with Gasteiger partial charge in [-0.25, -0.2) is 4.79 Å². The van der Waals surface area contributed by atoms with E-state index in [0.29, 0.717) is 0 Å². The predicted octanol–water partition coefficient (Wildman–Crippen LogP) is 0.993. The van der Waals surface area contributed by atoms with Gasteiger partial charge in [0.1, 0.15) is 0 Å². The van der Waals surface area contributed by atoms with Gasteiger partial charge < -0.3 is 5.11 Å². The molecular formula is C8H9NO4. The molecule has 5 nitrogen and oxygen atoms in total. The van der Waals surface area contributed by atoms with E-state index in [1.165, 1.54) is 25.2 Å². The van der Waals surface area contributed by atoms with Crippen LogP contribution in [0.15, 0.2) is 23.8 Å². The van der Waals surface area contributed by atoms with Crippen LogP contribution in [-0.4, -0.2) is 21.5 Å². The molecule has 0 spiro atoms. The first-order chi connectivity index (χ1) is 5.96. The summed E-state index contributed by atoms with van der Waals surface area (Å²) in [5, 5.41) is 19.2. The number of nitrogens with zero attached hydrogens (tertiary/aromatic N) is 1. The number of hydrogen-bond donors (Lipinski definition) is 1. The average molecular weight is 183 g/mol. The zero-order valence-corrected chi connectivity index (χ0v) is 7.06. The van der Waals surface area contributed by atoms with Crippen molar-refractivity contribution in [3.05, 3.63) is 33.9 Å². The fraction of sp³-hybridized carbons (Fsp3) is 0.375. The molecule has 0 bridgehead atoms. The lowest BCUT2D eigenvalue weighted by atomic mass is 9.91. The third-order valence-corrected chi connectivity index (χ3v) is 1.96. The standard InChI is InChI=1S/C8H9NO4/c1-8(9(12)13)4-2-3-6(5-8)7(10)11/h2-3,5H,4H2,1H3,(H,10,11). The third-order valence-electron chi connectivity index (χ3n) is 1.96. The maximum atomic E-state index is 10.6. The van der Waals surface area contributed by atoms with Crippen LogP contribution in [0.1, 0.15) is 13.3 Å². The first kappa shape index (κ1) is 9.44. The highest BCUT2D eigenvalue weighted by Crippen LogP contribution is 2.23. The highest BCUT2D eigenvalue weighted by molar-refractivity contribution is 5.90. The molecule has 0 aliphatic heterocycles. The Morgan fingerprint density at radius 1 is 1.77 bits per heavy atom. The smallest absolute Gasteiger partial charge is 0.335 e. The second-order valence-corrected chi connectivity index (χ2v) is 3.13. The number of aliphatic carboxylic acids is 1. The average Bonchev–Trinajstić information content (AvgIpc) is 2.04. The summed E-state index contributed by atoms with van der Waals surface area (Å²) in [5.74, 6) is -1.14. The largest absolute Gasteiger partial charge is 0.478 e. The van der Waals surface area contributed by atoms with Crippen molar-refractivity contribution in [1.29, 1.82) is 0 Å². The Kier molecular flexibility index (Phi) is 2.18. The van der Waals surface area contributed by atoms with Gasteiger partial charge in [-0.05, 0) is 0 Å². The van der Waals surface area contributed by atoms with Gasteiger partial charge in [-0.15, -0.1) is 0 Å². The van der Waals surface area contributed by atoms with E-state index in [0.717, 1.165) is 0 Å². The Morgan fingerprint density at radius 3 is 2.85 bits per heavy atom. The van der Waals surface area contributed by atoms with Gasteiger partial charge >= 0.3 is 5.97 Å². The number of carbonyl (C=O) groups is 1. The molecule has 0 saturated heterocycles. The predicted molar refractivity (Wildman–Crippen MR) is 44.9 cm³/mol. The topological polar surface area (TPSA) is 80.4 Å². The first-order valence-electron chi connectivity index (χ1n) is 3.73. The molecule has 1 N–H and O–H groups in total. The molecule has 0 radical (unpaired) electrons. The van der Waals surface area contributed by atoms with Gasteiger partial charge in [-0.2, -0.15) is 0 Å². The van der Waals surface area contributed by atoms with Crippen molar-refractivity contribution < 1.29 is 14.8 Å². The maximum absolute atomic E-state index is 10.6. The maximum Gasteiger partial charge on any atom is 0.335 e. The normalized spacial score (nSPS) is 26.7. The number of carboxylic acid groups (broad SMARTS) is 1. The van der Waals surface area contributed by atoms with E-state index >= 15 is 0 Å². The fourth-order valence-corrected chi connectivity index (χ4v) is 1.13. The van der Waals surface area contributed by atoms with Crippen LogP contribution in [0.2, 0.25) is 0 Å². The highest BCUT2D eigenvalue weighted by atomic mass is 16.6. The monoisotopic (exact) mass is 183 g/mol. The van der Waals surface area contributed by atoms with Gasteiger partial charge in [-0.3, -0.25) is 10.1 Å². The second kappa shape index (κ2) is 3.01. The van der Waals surface area contributed by atoms with Crippen molar-refractivity contribution in [2.45, 2.75) is 18.9 Å². The Labute approximate surface area is 74.5 Å². The minimum Gasteiger partial charge on any atom is -0.478 e. The Balaban J connectivity index is 3.02. The molecule has 5 heteroatoms. The zero-order chi connectivity index (χ0) is 10.1. The summed E-state index contributed by atoms with van der Waals surface area (Å²) in [6, 6.07) is 0. The van der Waals surface area contributed by atoms with Crippen LogP contribution in [-0.2, 0) is 4.79 Å². The molecule has 0 aromatic heterocycles. The van der Waals surface area contributed by atoms with Crippen molar-refractivity contribution in [2.75, 3.05) is 0 Å². The van der Waals surface area contributed by atoms with E-state index in [9.17, 15) is 14.9 Å². The molecule has 1 unspecified atom stereocenters. The Hall–Kier alpha value is -1.65. The SMILES string of the molecule is CC1([N+](=O)[O-])C=C(C(=O)O)C=CC1. The highest BCUT2D eigenvalue weighted by Gasteiger charge is 2.36. The van der Waals surface area contributed by atoms with Crippen LogP contribution in [0.4, 0.5) is 0 Å². The third kappa shape index (κ3) is 1.74. The summed E-state index contributed by atoms with van der Waals surface area (Å²) < 4.78 is 0. The summed E-state index contributed by atoms with van der Waals surface area (Å²) in [4.78, 5) is 20.6. The van der Waals surface area contributed by atoms with E-state index in [1.807, 2.05) is 0 Å². The van der Waals surface area contributed by atoms with Gasteiger partial charge in [-0.1, -0.05) is 12.2 Å². The van der Waals surface area contributed by atoms with Crippen LogP contribution in [0.5, 0.6) is 0 Å². The van der Waals surface area contributed by atoms with Gasteiger partial charge in [0.2, 0.25) is 5.54 Å². The molecular weight excluding hydrogens is 174 g/mol. The van der Waals surface area contributed by atoms with Crippen molar-refractivity contribution >= 4 is 5.97 Å². The molecule has 0 aromatic rings. The van der Waals surface area contributed by atoms with Crippen molar-refractivity contribution in [3.8, 4) is 0 Å². The van der Waals surface area contributed by atoms with E-state index in [2.05, 4.69) is 0 Å². The Morgan fingerprint density at radius 2 is 2.38 bits per heavy atom. The fourth-order valence-electron chi connectivity index (χ4n) is 1.13. The summed E-state index contributed by atoms with van der Waals surface area (Å²) in [6.07, 6.45) is 4.30. The van der Waals surface area contributed by atoms with Gasteiger partial charge in [0.05, 0.1) is 5.57 Å². The molecule has 0 heterocycles. The van der Waals surface area contributed by atoms with Gasteiger partial charge in [0, 0.05) is 24.3 Å². The summed E-state index contributed by atoms with van der Waals surface area (Å²) in [6.45, 7) is 1.40. The zero-order valence-electron chi connectivity index (χ0n) is 7.06. The molecule has 70 valence electrons. The van der Waals surface area contributed by atoms with Crippen LogP contribution < -0.4 is 0 Å². The second-order valence-electron chi connectivity index (χ2n) is 3.13. The summed E-state index contributed by atoms with van der Waals surface area (Å²) >= 11 is 0. The quantitative estimate of drug-likeness (QED) is 0.511. The lowest BCUT2D eigenvalue weighted by molar-refractivity contribution is -0.549. The molecule has 0 amide bonds. The number of nitro groups is 1. The molecule has 0 aromatic carbocycles. The molecule has 0 fully saturated rings. The number of hydrogen-bond acceptors (Lipinski definition) is 3. The van der Waals surface area contributed by atoms with Gasteiger partial charge in [0.15, 0.2) is 0 Å². The van der Waals surface area contributed by atoms with Crippen LogP contribution in [0.3, 0.4) is 0 Å². The molecule has 1 atom stereocenters. The van der Waals surface area contributed by atoms with Crippen LogP contribution in [0, 0.1) is 10.1 Å². The van der Waals surface area contributed by atoms with Crippen molar-refractivity contribution in [3.63, 3.8) is 0 Å². The summed E-state index contributed by atoms with van der Waals surface area (Å²) in [5.41, 5.74) is -1.30. The number of carboxylic acids is 1. The van der Waals surface area contributed by atoms with Crippen molar-refractivity contribution in [2.24, 2.45) is 0 Å². The molecule has 0 saturated carbocycles. The minimum absolute atomic E-state index is 0.0227. The van der Waals surface area contributed by atoms with E-state index < -0.39 is 16.4 Å². The molecule has 1 aliphatic carbocycles. The van der Waals surface area contributed by atoms with E-state index in [1.54, 1.807) is 0 Å². The minimum atomic E-state index is -1.28. The van der Waals surface area contributed by atoms with Gasteiger partial charge in [0.25, 0.3) is 0 Å². The molecule has 1 aliphatic rings. The lowest BCUT2D eigenvalue weighted by Crippen LogP contribution is -2.34. The lowest BCUT2D eigenvalue weighted by Gasteiger charge is -2.18. The number of rotatable bonds is 2. The summed E-state index contributed by atoms with van der Waals surface area (Å²) in [7, 11) is 0. The Bertz CT molecular complexity index is 318. The van der Waals surface area contributed by atoms with Crippen LogP contribution >= 0.6 is 0 Å². The van der Waals surface area contributed by atoms with E-state index in [-0.39, 0.29) is 12.0 Å². The van der Waals surface area contributed by atoms with Crippen molar-refractivity contribution in [1.82, 2.24) is 0 Å². The first-order valence-corrected chi connectivity index (χ1v) is 3.73. The van der Waals surface area contributed by atoms with Crippen LogP contribution in [0.25, 0.3) is 0 Å². The molecule has 1 rings (SSSR count).